The van der Waals surface area contributed by atoms with Crippen LogP contribution in [0.3, 0.4) is 0 Å². The van der Waals surface area contributed by atoms with Crippen molar-refractivity contribution in [3.05, 3.63) is 0 Å². The molecule has 2 heteroatoms. The van der Waals surface area contributed by atoms with Crippen LogP contribution in [-0.2, 0) is 4.74 Å². The minimum Gasteiger partial charge on any atom is -0.382 e. The van der Waals surface area contributed by atoms with Gasteiger partial charge in [0.15, 0.2) is 0 Å². The first kappa shape index (κ1) is 19.0. The molecule has 0 aliphatic heterocycles. The lowest BCUT2D eigenvalue weighted by Gasteiger charge is -2.42. The number of hydrogen-bond acceptors (Lipinski definition) is 2. The second-order valence-electron chi connectivity index (χ2n) is 8.14. The van der Waals surface area contributed by atoms with E-state index in [-0.39, 0.29) is 5.54 Å². The largest absolute Gasteiger partial charge is 0.382 e. The topological polar surface area (TPSA) is 21.3 Å². The van der Waals surface area contributed by atoms with Crippen LogP contribution >= 0.6 is 0 Å². The predicted octanol–water partition coefficient (Wildman–Crippen LogP) is 5.17. The Morgan fingerprint density at radius 1 is 1.14 bits per heavy atom. The molecule has 1 aliphatic rings. The van der Waals surface area contributed by atoms with Crippen LogP contribution in [0.2, 0.25) is 0 Å². The Labute approximate surface area is 133 Å². The molecule has 0 radical (unpaired) electrons. The second-order valence-corrected chi connectivity index (χ2v) is 8.14. The third-order valence-electron chi connectivity index (χ3n) is 5.11. The zero-order valence-electron chi connectivity index (χ0n) is 15.3. The van der Waals surface area contributed by atoms with Gasteiger partial charge in [-0.2, -0.15) is 0 Å². The molecule has 1 N–H and O–H groups in total. The molecule has 0 amide bonds. The molecular formula is C19H39NO. The highest BCUT2D eigenvalue weighted by molar-refractivity contribution is 4.89. The van der Waals surface area contributed by atoms with Crippen molar-refractivity contribution < 1.29 is 4.74 Å². The van der Waals surface area contributed by atoms with Crippen LogP contribution in [0.15, 0.2) is 0 Å². The zero-order valence-corrected chi connectivity index (χ0v) is 15.3. The van der Waals surface area contributed by atoms with E-state index in [0.717, 1.165) is 25.7 Å². The van der Waals surface area contributed by atoms with Gasteiger partial charge in [-0.05, 0) is 71.1 Å². The SMILES string of the molecule is CCCCC1CCC(CCOCC)(CNC(C)(C)C)CC1. The number of unbranched alkanes of at least 4 members (excludes halogenated alkanes) is 1. The fourth-order valence-corrected chi connectivity index (χ4v) is 3.47. The monoisotopic (exact) mass is 297 g/mol. The molecular weight excluding hydrogens is 258 g/mol. The summed E-state index contributed by atoms with van der Waals surface area (Å²) in [5.74, 6) is 0.986. The van der Waals surface area contributed by atoms with Gasteiger partial charge in [-0.15, -0.1) is 0 Å². The highest BCUT2D eigenvalue weighted by Gasteiger charge is 2.35. The standard InChI is InChI=1S/C19H39NO/c1-6-8-9-17-10-12-19(13-11-17,14-15-21-7-2)16-20-18(3,4)5/h17,20H,6-16H2,1-5H3. The minimum absolute atomic E-state index is 0.220. The van der Waals surface area contributed by atoms with Crippen LogP contribution in [0.25, 0.3) is 0 Å². The third kappa shape index (κ3) is 7.65. The Morgan fingerprint density at radius 2 is 1.81 bits per heavy atom. The van der Waals surface area contributed by atoms with Crippen molar-refractivity contribution in [1.29, 1.82) is 0 Å². The molecule has 126 valence electrons. The summed E-state index contributed by atoms with van der Waals surface area (Å²) in [5.41, 5.74) is 0.697. The highest BCUT2D eigenvalue weighted by Crippen LogP contribution is 2.43. The average molecular weight is 298 g/mol. The Kier molecular flexibility index (Phi) is 8.26. The highest BCUT2D eigenvalue weighted by atomic mass is 16.5. The molecule has 0 aromatic heterocycles. The Morgan fingerprint density at radius 3 is 2.33 bits per heavy atom. The van der Waals surface area contributed by atoms with Crippen LogP contribution in [0.5, 0.6) is 0 Å². The lowest BCUT2D eigenvalue weighted by molar-refractivity contribution is 0.0617. The lowest BCUT2D eigenvalue weighted by atomic mass is 9.67. The van der Waals surface area contributed by atoms with Crippen LogP contribution in [0.1, 0.15) is 86.0 Å². The van der Waals surface area contributed by atoms with Gasteiger partial charge in [-0.25, -0.2) is 0 Å². The van der Waals surface area contributed by atoms with E-state index >= 15 is 0 Å². The lowest BCUT2D eigenvalue weighted by Crippen LogP contribution is -2.46. The van der Waals surface area contributed by atoms with E-state index in [2.05, 4.69) is 39.9 Å². The molecule has 1 saturated carbocycles. The van der Waals surface area contributed by atoms with Crippen molar-refractivity contribution >= 4 is 0 Å². The molecule has 0 bridgehead atoms. The smallest absolute Gasteiger partial charge is 0.0471 e. The van der Waals surface area contributed by atoms with Crippen molar-refractivity contribution in [2.24, 2.45) is 11.3 Å². The number of rotatable bonds is 9. The molecule has 1 fully saturated rings. The minimum atomic E-state index is 0.220. The quantitative estimate of drug-likeness (QED) is 0.593. The maximum absolute atomic E-state index is 5.66. The molecule has 0 atom stereocenters. The van der Waals surface area contributed by atoms with Crippen LogP contribution < -0.4 is 5.32 Å². The van der Waals surface area contributed by atoms with Gasteiger partial charge in [-0.1, -0.05) is 26.2 Å². The Hall–Kier alpha value is -0.0800. The van der Waals surface area contributed by atoms with E-state index in [9.17, 15) is 0 Å². The van der Waals surface area contributed by atoms with E-state index in [4.69, 9.17) is 4.74 Å². The first-order valence-electron chi connectivity index (χ1n) is 9.23. The van der Waals surface area contributed by atoms with Gasteiger partial charge in [0.25, 0.3) is 0 Å². The summed E-state index contributed by atoms with van der Waals surface area (Å²) in [6, 6.07) is 0. The van der Waals surface area contributed by atoms with E-state index < -0.39 is 0 Å². The maximum Gasteiger partial charge on any atom is 0.0471 e. The van der Waals surface area contributed by atoms with Crippen molar-refractivity contribution in [2.75, 3.05) is 19.8 Å². The number of nitrogens with one attached hydrogen (secondary N) is 1. The third-order valence-corrected chi connectivity index (χ3v) is 5.11. The summed E-state index contributed by atoms with van der Waals surface area (Å²) in [6.07, 6.45) is 11.1. The molecule has 0 saturated heterocycles. The van der Waals surface area contributed by atoms with Gasteiger partial charge in [0.05, 0.1) is 0 Å². The van der Waals surface area contributed by atoms with E-state index in [1.807, 2.05) is 0 Å². The molecule has 0 unspecified atom stereocenters. The molecule has 0 aromatic carbocycles. The van der Waals surface area contributed by atoms with Gasteiger partial charge in [0.2, 0.25) is 0 Å². The Balaban J connectivity index is 2.50. The summed E-state index contributed by atoms with van der Waals surface area (Å²) in [7, 11) is 0. The normalized spacial score (nSPS) is 27.0. The van der Waals surface area contributed by atoms with Crippen molar-refractivity contribution in [3.63, 3.8) is 0 Å². The molecule has 1 rings (SSSR count). The average Bonchev–Trinajstić information content (AvgIpc) is 2.44. The van der Waals surface area contributed by atoms with Crippen LogP contribution in [0, 0.1) is 11.3 Å². The molecule has 0 aromatic rings. The van der Waals surface area contributed by atoms with Gasteiger partial charge >= 0.3 is 0 Å². The maximum atomic E-state index is 5.66. The second kappa shape index (κ2) is 9.15. The molecule has 2 nitrogen and oxygen atoms in total. The molecule has 1 aliphatic carbocycles. The molecule has 21 heavy (non-hydrogen) atoms. The predicted molar refractivity (Wildman–Crippen MR) is 92.8 cm³/mol. The first-order valence-corrected chi connectivity index (χ1v) is 9.23. The fourth-order valence-electron chi connectivity index (χ4n) is 3.47. The number of ether oxygens (including phenoxy) is 1. The summed E-state index contributed by atoms with van der Waals surface area (Å²) in [4.78, 5) is 0. The summed E-state index contributed by atoms with van der Waals surface area (Å²) >= 11 is 0. The zero-order chi connectivity index (χ0) is 15.8. The van der Waals surface area contributed by atoms with E-state index in [0.29, 0.717) is 5.41 Å². The van der Waals surface area contributed by atoms with E-state index in [1.54, 1.807) is 0 Å². The van der Waals surface area contributed by atoms with Gasteiger partial charge < -0.3 is 10.1 Å². The first-order chi connectivity index (χ1) is 9.91. The number of hydrogen-bond donors (Lipinski definition) is 1. The van der Waals surface area contributed by atoms with Crippen LogP contribution in [0.4, 0.5) is 0 Å². The molecule has 0 heterocycles. The van der Waals surface area contributed by atoms with Crippen LogP contribution in [-0.4, -0.2) is 25.3 Å². The van der Waals surface area contributed by atoms with Gasteiger partial charge in [-0.3, -0.25) is 0 Å². The van der Waals surface area contributed by atoms with Crippen molar-refractivity contribution in [3.8, 4) is 0 Å². The Bertz CT molecular complexity index is 261. The van der Waals surface area contributed by atoms with Gasteiger partial charge in [0, 0.05) is 25.3 Å². The summed E-state index contributed by atoms with van der Waals surface area (Å²) in [6.45, 7) is 14.2. The van der Waals surface area contributed by atoms with Crippen molar-refractivity contribution in [2.45, 2.75) is 91.5 Å². The van der Waals surface area contributed by atoms with Gasteiger partial charge in [0.1, 0.15) is 0 Å². The summed E-state index contributed by atoms with van der Waals surface area (Å²) in [5, 5.41) is 3.76. The summed E-state index contributed by atoms with van der Waals surface area (Å²) < 4.78 is 5.66. The molecule has 0 spiro atoms. The van der Waals surface area contributed by atoms with E-state index in [1.165, 1.54) is 51.4 Å². The van der Waals surface area contributed by atoms with Crippen molar-refractivity contribution in [1.82, 2.24) is 5.32 Å². The fraction of sp³-hybridized carbons (Fsp3) is 1.00.